The van der Waals surface area contributed by atoms with Crippen molar-refractivity contribution in [3.63, 3.8) is 0 Å². The number of fused-ring (bicyclic) bond motifs is 1. The standard InChI is InChI=1S/C31H34FI2N5O3/c1-2-22-15-36(7-4-8-40)25-6-3-5-19-11-26(39(22)28(19)25)30-35-24-10-20(31(41)37-14-21(33)12-27(37)34)9-23(32)29(24)38(30)13-18-16-42-17-18/h3,5-6,9-11,18,21-22,27,40H,2,4,7-8,12-17H2,1H3/t21-,22?,27-/m0/s1. The topological polar surface area (TPSA) is 75.8 Å². The van der Waals surface area contributed by atoms with Crippen LogP contribution >= 0.6 is 45.2 Å². The number of alkyl halides is 2. The third-order valence-corrected chi connectivity index (χ3v) is 11.0. The number of carbonyl (C=O) groups is 1. The Labute approximate surface area is 271 Å². The van der Waals surface area contributed by atoms with Gasteiger partial charge in [-0.05, 0) is 43.5 Å². The van der Waals surface area contributed by atoms with Crippen molar-refractivity contribution in [2.24, 2.45) is 5.92 Å². The van der Waals surface area contributed by atoms with Crippen molar-refractivity contribution in [2.45, 2.75) is 46.7 Å². The molecule has 0 radical (unpaired) electrons. The maximum atomic E-state index is 16.1. The SMILES string of the molecule is CCC1CN(CCCO)c2cccc3cc(-c4nc5cc(C(=O)N6C[C@@H](I)C[C@H]6I)cc(F)c5n4CC4COC4)n1c23. The van der Waals surface area contributed by atoms with Crippen LogP contribution in [0, 0.1) is 11.7 Å². The lowest BCUT2D eigenvalue weighted by Crippen LogP contribution is -2.36. The Hall–Kier alpha value is -1.97. The molecule has 4 aromatic rings. The fraction of sp³-hybridized carbons (Fsp3) is 0.484. The van der Waals surface area contributed by atoms with Crippen LogP contribution in [0.15, 0.2) is 36.4 Å². The van der Waals surface area contributed by atoms with Crippen LogP contribution in [0.3, 0.4) is 0 Å². The average Bonchev–Trinajstić information content (AvgIpc) is 3.63. The summed E-state index contributed by atoms with van der Waals surface area (Å²) in [4.78, 5) is 22.8. The minimum absolute atomic E-state index is 0.0980. The van der Waals surface area contributed by atoms with Crippen LogP contribution in [0.1, 0.15) is 42.6 Å². The van der Waals surface area contributed by atoms with Crippen molar-refractivity contribution in [3.05, 3.63) is 47.8 Å². The van der Waals surface area contributed by atoms with Crippen LogP contribution in [0.4, 0.5) is 10.1 Å². The molecule has 2 aromatic heterocycles. The van der Waals surface area contributed by atoms with Gasteiger partial charge >= 0.3 is 0 Å². The van der Waals surface area contributed by atoms with Crippen LogP contribution in [0.2, 0.25) is 0 Å². The van der Waals surface area contributed by atoms with Gasteiger partial charge in [0.25, 0.3) is 5.91 Å². The molecule has 3 atom stereocenters. The molecule has 1 N–H and O–H groups in total. The number of aliphatic hydroxyl groups excluding tert-OH is 1. The number of rotatable bonds is 8. The van der Waals surface area contributed by atoms with E-state index < -0.39 is 5.82 Å². The number of aliphatic hydroxyl groups is 1. The van der Waals surface area contributed by atoms with E-state index in [2.05, 4.69) is 85.8 Å². The van der Waals surface area contributed by atoms with E-state index in [4.69, 9.17) is 9.72 Å². The van der Waals surface area contributed by atoms with Crippen LogP contribution in [-0.4, -0.2) is 77.5 Å². The van der Waals surface area contributed by atoms with Gasteiger partial charge in [0.05, 0.1) is 45.7 Å². The molecule has 0 spiro atoms. The molecular formula is C31H34FI2N5O3. The molecule has 2 saturated heterocycles. The molecule has 2 aromatic carbocycles. The van der Waals surface area contributed by atoms with Gasteiger partial charge in [0, 0.05) is 53.6 Å². The largest absolute Gasteiger partial charge is 0.396 e. The molecule has 0 bridgehead atoms. The van der Waals surface area contributed by atoms with Crippen molar-refractivity contribution in [3.8, 4) is 11.5 Å². The number of hydrogen-bond donors (Lipinski definition) is 1. The fourth-order valence-corrected chi connectivity index (χ4v) is 9.74. The smallest absolute Gasteiger partial charge is 0.254 e. The van der Waals surface area contributed by atoms with E-state index >= 15 is 4.39 Å². The van der Waals surface area contributed by atoms with Gasteiger partial charge in [-0.2, -0.15) is 0 Å². The van der Waals surface area contributed by atoms with E-state index in [1.165, 1.54) is 6.07 Å². The van der Waals surface area contributed by atoms with E-state index in [9.17, 15) is 9.90 Å². The lowest BCUT2D eigenvalue weighted by atomic mass is 10.1. The fourth-order valence-electron chi connectivity index (χ4n) is 6.77. The third kappa shape index (κ3) is 4.82. The summed E-state index contributed by atoms with van der Waals surface area (Å²) >= 11 is 4.70. The minimum atomic E-state index is -0.414. The lowest BCUT2D eigenvalue weighted by molar-refractivity contribution is -0.0388. The summed E-state index contributed by atoms with van der Waals surface area (Å²) in [6, 6.07) is 11.9. The van der Waals surface area contributed by atoms with Crippen molar-refractivity contribution in [1.29, 1.82) is 0 Å². The Balaban J connectivity index is 1.40. The molecule has 2 fully saturated rings. The summed E-state index contributed by atoms with van der Waals surface area (Å²) in [6.07, 6.45) is 2.58. The number of amides is 1. The molecule has 7 rings (SSSR count). The van der Waals surface area contributed by atoms with Crippen molar-refractivity contribution < 1.29 is 19.0 Å². The number of ether oxygens (including phenoxy) is 1. The highest BCUT2D eigenvalue weighted by atomic mass is 127. The Morgan fingerprint density at radius 2 is 2.00 bits per heavy atom. The van der Waals surface area contributed by atoms with Gasteiger partial charge in [-0.25, -0.2) is 9.37 Å². The second kappa shape index (κ2) is 11.5. The molecule has 222 valence electrons. The number of benzene rings is 2. The first-order chi connectivity index (χ1) is 20.4. The molecule has 3 aliphatic heterocycles. The van der Waals surface area contributed by atoms with Gasteiger partial charge in [0.15, 0.2) is 5.82 Å². The van der Waals surface area contributed by atoms with E-state index in [0.29, 0.717) is 53.2 Å². The van der Waals surface area contributed by atoms with Crippen LogP contribution < -0.4 is 4.90 Å². The van der Waals surface area contributed by atoms with E-state index in [0.717, 1.165) is 54.0 Å². The maximum Gasteiger partial charge on any atom is 0.254 e. The molecule has 1 amide bonds. The highest BCUT2D eigenvalue weighted by Gasteiger charge is 2.35. The molecule has 5 heterocycles. The molecule has 0 saturated carbocycles. The predicted molar refractivity (Wildman–Crippen MR) is 179 cm³/mol. The summed E-state index contributed by atoms with van der Waals surface area (Å²) in [5.41, 5.74) is 4.58. The number of para-hydroxylation sites is 1. The minimum Gasteiger partial charge on any atom is -0.396 e. The predicted octanol–water partition coefficient (Wildman–Crippen LogP) is 6.01. The summed E-state index contributed by atoms with van der Waals surface area (Å²) in [5.74, 6) is 0.455. The Bertz CT molecular complexity index is 1670. The van der Waals surface area contributed by atoms with Crippen LogP contribution in [0.5, 0.6) is 0 Å². The Kier molecular flexibility index (Phi) is 7.89. The van der Waals surface area contributed by atoms with Gasteiger partial charge in [-0.3, -0.25) is 4.79 Å². The average molecular weight is 797 g/mol. The number of hydrogen-bond acceptors (Lipinski definition) is 5. The number of halogens is 3. The van der Waals surface area contributed by atoms with Gasteiger partial charge in [0.2, 0.25) is 0 Å². The quantitative estimate of drug-likeness (QED) is 0.135. The molecule has 11 heteroatoms. The zero-order valence-electron chi connectivity index (χ0n) is 23.5. The van der Waals surface area contributed by atoms with Gasteiger partial charge in [0.1, 0.15) is 11.3 Å². The Morgan fingerprint density at radius 3 is 2.69 bits per heavy atom. The lowest BCUT2D eigenvalue weighted by Gasteiger charge is -2.37. The number of carbonyl (C=O) groups excluding carboxylic acids is 1. The zero-order valence-corrected chi connectivity index (χ0v) is 27.8. The Morgan fingerprint density at radius 1 is 1.17 bits per heavy atom. The zero-order chi connectivity index (χ0) is 29.1. The third-order valence-electron chi connectivity index (χ3n) is 8.90. The second-order valence-corrected chi connectivity index (χ2v) is 14.9. The first-order valence-corrected chi connectivity index (χ1v) is 17.2. The van der Waals surface area contributed by atoms with Crippen molar-refractivity contribution >= 4 is 78.7 Å². The molecular weight excluding hydrogens is 763 g/mol. The highest BCUT2D eigenvalue weighted by Crippen LogP contribution is 2.42. The van der Waals surface area contributed by atoms with E-state index in [1.807, 2.05) is 9.47 Å². The normalized spacial score (nSPS) is 22.5. The van der Waals surface area contributed by atoms with Gasteiger partial charge < -0.3 is 28.8 Å². The maximum absolute atomic E-state index is 16.1. The van der Waals surface area contributed by atoms with Crippen molar-refractivity contribution in [2.75, 3.05) is 44.4 Å². The summed E-state index contributed by atoms with van der Waals surface area (Å²) in [6.45, 7) is 6.55. The highest BCUT2D eigenvalue weighted by molar-refractivity contribution is 14.1. The number of likely N-dealkylation sites (tertiary alicyclic amines) is 1. The van der Waals surface area contributed by atoms with Crippen LogP contribution in [0.25, 0.3) is 33.5 Å². The number of nitrogens with zero attached hydrogens (tertiary/aromatic N) is 5. The van der Waals surface area contributed by atoms with E-state index in [1.54, 1.807) is 6.07 Å². The molecule has 3 aliphatic rings. The number of aromatic nitrogens is 3. The first-order valence-electron chi connectivity index (χ1n) is 14.7. The number of imidazole rings is 1. The van der Waals surface area contributed by atoms with Gasteiger partial charge in [-0.1, -0.05) is 64.2 Å². The van der Waals surface area contributed by atoms with E-state index in [-0.39, 0.29) is 28.5 Å². The number of anilines is 1. The van der Waals surface area contributed by atoms with Gasteiger partial charge in [-0.15, -0.1) is 0 Å². The van der Waals surface area contributed by atoms with Crippen LogP contribution in [-0.2, 0) is 11.3 Å². The molecule has 8 nitrogen and oxygen atoms in total. The summed E-state index contributed by atoms with van der Waals surface area (Å²) < 4.78 is 26.5. The monoisotopic (exact) mass is 797 g/mol. The molecule has 1 unspecified atom stereocenters. The molecule has 0 aliphatic carbocycles. The first kappa shape index (κ1) is 28.8. The summed E-state index contributed by atoms with van der Waals surface area (Å²) in [5, 5.41) is 10.6. The molecule has 42 heavy (non-hydrogen) atoms. The van der Waals surface area contributed by atoms with Crippen molar-refractivity contribution in [1.82, 2.24) is 19.0 Å². The summed E-state index contributed by atoms with van der Waals surface area (Å²) in [7, 11) is 0. The second-order valence-electron chi connectivity index (χ2n) is 11.7.